The van der Waals surface area contributed by atoms with Gasteiger partial charge in [-0.1, -0.05) is 45.4 Å². The Hall–Kier alpha value is -0.570. The third kappa shape index (κ3) is 4.97. The van der Waals surface area contributed by atoms with Crippen molar-refractivity contribution in [3.05, 3.63) is 0 Å². The Morgan fingerprint density at radius 1 is 1.11 bits per heavy atom. The van der Waals surface area contributed by atoms with Crippen LogP contribution in [0, 0.1) is 5.92 Å². The Balaban J connectivity index is 0.000000280. The van der Waals surface area contributed by atoms with Crippen LogP contribution in [0.2, 0.25) is 0 Å². The fourth-order valence-electron chi connectivity index (χ4n) is 3.30. The average Bonchev–Trinajstić information content (AvgIpc) is 2.41. The van der Waals surface area contributed by atoms with Crippen molar-refractivity contribution in [3.8, 4) is 0 Å². The first kappa shape index (κ1) is 15.5. The molecule has 0 heterocycles. The second-order valence-electron chi connectivity index (χ2n) is 5.88. The van der Waals surface area contributed by atoms with Gasteiger partial charge in [-0.05, 0) is 31.6 Å². The van der Waals surface area contributed by atoms with Crippen molar-refractivity contribution in [1.29, 1.82) is 0 Å². The van der Waals surface area contributed by atoms with E-state index in [1.54, 1.807) is 6.92 Å². The summed E-state index contributed by atoms with van der Waals surface area (Å²) in [6.45, 7) is 1.60. The molecule has 2 saturated carbocycles. The predicted molar refractivity (Wildman–Crippen MR) is 74.5 cm³/mol. The Bertz CT molecular complexity index is 241. The van der Waals surface area contributed by atoms with Crippen molar-refractivity contribution in [2.75, 3.05) is 0 Å². The van der Waals surface area contributed by atoms with Crippen molar-refractivity contribution >= 4 is 5.97 Å². The summed E-state index contributed by atoms with van der Waals surface area (Å²) in [4.78, 5) is 9.37. The standard InChI is InChI=1S/C12H23N.C3H6O2/c13-12(9-5-2-6-10-12)11-7-3-1-4-8-11;1-2-3(4)5/h11H,1-10,13H2;2H2,1H3,(H,4,5). The highest BCUT2D eigenvalue weighted by Crippen LogP contribution is 2.39. The van der Waals surface area contributed by atoms with E-state index < -0.39 is 5.97 Å². The molecule has 0 atom stereocenters. The Kier molecular flexibility index (Phi) is 6.69. The Morgan fingerprint density at radius 3 is 2.00 bits per heavy atom. The Morgan fingerprint density at radius 2 is 1.56 bits per heavy atom. The van der Waals surface area contributed by atoms with E-state index in [0.29, 0.717) is 0 Å². The van der Waals surface area contributed by atoms with Crippen molar-refractivity contribution in [3.63, 3.8) is 0 Å². The molecular formula is C15H29NO2. The summed E-state index contributed by atoms with van der Waals surface area (Å²) >= 11 is 0. The number of carboxylic acids is 1. The van der Waals surface area contributed by atoms with Crippen LogP contribution in [0.5, 0.6) is 0 Å². The molecule has 3 N–H and O–H groups in total. The fourth-order valence-corrected chi connectivity index (χ4v) is 3.30. The number of aliphatic carboxylic acids is 1. The molecule has 3 nitrogen and oxygen atoms in total. The van der Waals surface area contributed by atoms with Crippen LogP contribution in [0.25, 0.3) is 0 Å². The molecular weight excluding hydrogens is 226 g/mol. The molecule has 0 aromatic rings. The summed E-state index contributed by atoms with van der Waals surface area (Å²) in [6, 6.07) is 0. The van der Waals surface area contributed by atoms with Crippen LogP contribution in [-0.4, -0.2) is 16.6 Å². The van der Waals surface area contributed by atoms with Gasteiger partial charge in [0.1, 0.15) is 0 Å². The molecule has 106 valence electrons. The van der Waals surface area contributed by atoms with E-state index in [9.17, 15) is 4.79 Å². The van der Waals surface area contributed by atoms with Gasteiger partial charge >= 0.3 is 5.97 Å². The smallest absolute Gasteiger partial charge is 0.303 e. The van der Waals surface area contributed by atoms with Gasteiger partial charge in [0.2, 0.25) is 0 Å². The third-order valence-corrected chi connectivity index (χ3v) is 4.51. The molecule has 3 heteroatoms. The summed E-state index contributed by atoms with van der Waals surface area (Å²) in [6.07, 6.45) is 14.2. The van der Waals surface area contributed by atoms with E-state index >= 15 is 0 Å². The van der Waals surface area contributed by atoms with E-state index in [0.717, 1.165) is 5.92 Å². The first-order valence-corrected chi connectivity index (χ1v) is 7.59. The van der Waals surface area contributed by atoms with Gasteiger partial charge in [-0.3, -0.25) is 4.79 Å². The first-order chi connectivity index (χ1) is 8.58. The number of carboxylic acid groups (broad SMARTS) is 1. The van der Waals surface area contributed by atoms with Crippen LogP contribution in [0.3, 0.4) is 0 Å². The molecule has 0 spiro atoms. The highest BCUT2D eigenvalue weighted by atomic mass is 16.4. The second-order valence-corrected chi connectivity index (χ2v) is 5.88. The highest BCUT2D eigenvalue weighted by molar-refractivity contribution is 5.66. The molecule has 2 aliphatic carbocycles. The molecule has 18 heavy (non-hydrogen) atoms. The summed E-state index contributed by atoms with van der Waals surface area (Å²) in [5.74, 6) is 0.117. The lowest BCUT2D eigenvalue weighted by atomic mass is 9.68. The maximum Gasteiger partial charge on any atom is 0.303 e. The minimum atomic E-state index is -0.745. The van der Waals surface area contributed by atoms with E-state index in [2.05, 4.69) is 0 Å². The van der Waals surface area contributed by atoms with Gasteiger partial charge in [-0.2, -0.15) is 0 Å². The van der Waals surface area contributed by atoms with Crippen LogP contribution >= 0.6 is 0 Å². The average molecular weight is 255 g/mol. The molecule has 0 aromatic heterocycles. The van der Waals surface area contributed by atoms with E-state index in [-0.39, 0.29) is 12.0 Å². The lowest BCUT2D eigenvalue weighted by Crippen LogP contribution is -2.49. The molecule has 2 aliphatic rings. The fraction of sp³-hybridized carbons (Fsp3) is 0.933. The van der Waals surface area contributed by atoms with E-state index in [1.165, 1.54) is 64.2 Å². The van der Waals surface area contributed by atoms with Crippen LogP contribution in [-0.2, 0) is 4.79 Å². The number of carbonyl (C=O) groups is 1. The summed E-state index contributed by atoms with van der Waals surface area (Å²) in [7, 11) is 0. The summed E-state index contributed by atoms with van der Waals surface area (Å²) in [5, 5.41) is 7.72. The maximum absolute atomic E-state index is 9.37. The zero-order valence-corrected chi connectivity index (χ0v) is 11.8. The normalized spacial score (nSPS) is 23.9. The number of hydrogen-bond donors (Lipinski definition) is 2. The van der Waals surface area contributed by atoms with Crippen LogP contribution in [0.4, 0.5) is 0 Å². The molecule has 2 fully saturated rings. The molecule has 0 saturated heterocycles. The third-order valence-electron chi connectivity index (χ3n) is 4.51. The van der Waals surface area contributed by atoms with Crippen molar-refractivity contribution in [2.45, 2.75) is 83.1 Å². The molecule has 0 radical (unpaired) electrons. The maximum atomic E-state index is 9.37. The van der Waals surface area contributed by atoms with Crippen LogP contribution < -0.4 is 5.73 Å². The second kappa shape index (κ2) is 7.78. The lowest BCUT2D eigenvalue weighted by Gasteiger charge is -2.42. The Labute approximate surface area is 111 Å². The largest absolute Gasteiger partial charge is 0.481 e. The van der Waals surface area contributed by atoms with Crippen LogP contribution in [0.15, 0.2) is 0 Å². The molecule has 2 rings (SSSR count). The molecule has 0 amide bonds. The van der Waals surface area contributed by atoms with Crippen LogP contribution in [0.1, 0.15) is 77.6 Å². The van der Waals surface area contributed by atoms with Gasteiger partial charge < -0.3 is 10.8 Å². The minimum absolute atomic E-state index is 0.222. The van der Waals surface area contributed by atoms with Gasteiger partial charge in [-0.15, -0.1) is 0 Å². The van der Waals surface area contributed by atoms with Crippen molar-refractivity contribution in [1.82, 2.24) is 0 Å². The zero-order valence-electron chi connectivity index (χ0n) is 11.8. The van der Waals surface area contributed by atoms with E-state index in [4.69, 9.17) is 10.8 Å². The van der Waals surface area contributed by atoms with Gasteiger partial charge in [0.15, 0.2) is 0 Å². The molecule has 0 aromatic carbocycles. The first-order valence-electron chi connectivity index (χ1n) is 7.59. The number of hydrogen-bond acceptors (Lipinski definition) is 2. The number of rotatable bonds is 2. The quantitative estimate of drug-likeness (QED) is 0.790. The van der Waals surface area contributed by atoms with Crippen molar-refractivity contribution < 1.29 is 9.90 Å². The lowest BCUT2D eigenvalue weighted by molar-refractivity contribution is -0.136. The van der Waals surface area contributed by atoms with Gasteiger partial charge in [0.05, 0.1) is 0 Å². The van der Waals surface area contributed by atoms with Gasteiger partial charge in [0, 0.05) is 12.0 Å². The highest BCUT2D eigenvalue weighted by Gasteiger charge is 2.36. The SMILES string of the molecule is CCC(=O)O.NC1(C2CCCCC2)CCCCC1. The molecule has 0 bridgehead atoms. The predicted octanol–water partition coefficient (Wildman–Crippen LogP) is 3.71. The van der Waals surface area contributed by atoms with Gasteiger partial charge in [0.25, 0.3) is 0 Å². The minimum Gasteiger partial charge on any atom is -0.481 e. The molecule has 0 aliphatic heterocycles. The van der Waals surface area contributed by atoms with E-state index in [1.807, 2.05) is 0 Å². The summed E-state index contributed by atoms with van der Waals surface area (Å²) < 4.78 is 0. The summed E-state index contributed by atoms with van der Waals surface area (Å²) in [5.41, 5.74) is 6.78. The molecule has 0 unspecified atom stereocenters. The van der Waals surface area contributed by atoms with Gasteiger partial charge in [-0.25, -0.2) is 0 Å². The number of nitrogens with two attached hydrogens (primary N) is 1. The topological polar surface area (TPSA) is 63.3 Å². The van der Waals surface area contributed by atoms with Crippen molar-refractivity contribution in [2.24, 2.45) is 11.7 Å². The monoisotopic (exact) mass is 255 g/mol. The zero-order chi connectivity index (χ0) is 13.4.